The molecule has 0 unspecified atom stereocenters. The van der Waals surface area contributed by atoms with Gasteiger partial charge in [-0.15, -0.1) is 0 Å². The highest BCUT2D eigenvalue weighted by Crippen LogP contribution is 1.81. The molecule has 1 aromatic heterocycles. The van der Waals surface area contributed by atoms with Gasteiger partial charge in [0.05, 0.1) is 0 Å². The Labute approximate surface area is 43.5 Å². The smallest absolute Gasteiger partial charge is 0.197 e. The minimum atomic E-state index is 0. The predicted molar refractivity (Wildman–Crippen MR) is 28.8 cm³/mol. The molecule has 7 heavy (non-hydrogen) atoms. The average molecular weight is 93.9 g/mol. The number of rotatable bonds is 0. The first kappa shape index (κ1) is 6.07. The third-order valence-electron chi connectivity index (χ3n) is 0.519. The fourth-order valence-corrected chi connectivity index (χ4v) is 0.277. The molecule has 0 aliphatic heterocycles. The van der Waals surface area contributed by atoms with Crippen molar-refractivity contribution < 1.29 is 0 Å². The topological polar surface area (TPSA) is 54.7 Å². The van der Waals surface area contributed by atoms with E-state index in [9.17, 15) is 0 Å². The molecule has 3 radical (unpaired) electrons. The van der Waals surface area contributed by atoms with Crippen LogP contribution in [-0.4, -0.2) is 18.4 Å². The lowest BCUT2D eigenvalue weighted by Crippen LogP contribution is -1.83. The molecule has 3 N–H and O–H groups in total. The Morgan fingerprint density at radius 3 is 2.57 bits per heavy atom. The quantitative estimate of drug-likeness (QED) is 0.430. The molecule has 0 atom stereocenters. The van der Waals surface area contributed by atoms with E-state index in [1.165, 1.54) is 0 Å². The van der Waals surface area contributed by atoms with Gasteiger partial charge in [-0.25, -0.2) is 4.98 Å². The van der Waals surface area contributed by atoms with Gasteiger partial charge in [-0.1, -0.05) is 0 Å². The molecule has 1 aromatic rings. The molecule has 4 heteroatoms. The van der Waals surface area contributed by atoms with Crippen LogP contribution in [0.4, 0.5) is 5.95 Å². The largest absolute Gasteiger partial charge is 0.369 e. The van der Waals surface area contributed by atoms with Crippen LogP contribution in [0.25, 0.3) is 0 Å². The summed E-state index contributed by atoms with van der Waals surface area (Å²) in [5, 5.41) is 0. The monoisotopic (exact) mass is 94.1 g/mol. The average Bonchev–Trinajstić information content (AvgIpc) is 1.86. The predicted octanol–water partition coefficient (Wildman–Crippen LogP) is -0.389. The van der Waals surface area contributed by atoms with Gasteiger partial charge in [0.25, 0.3) is 0 Å². The van der Waals surface area contributed by atoms with Crippen molar-refractivity contribution in [2.75, 3.05) is 5.73 Å². The number of H-pyrrole nitrogens is 1. The van der Waals surface area contributed by atoms with Crippen molar-refractivity contribution in [3.8, 4) is 0 Å². The Morgan fingerprint density at radius 1 is 1.71 bits per heavy atom. The summed E-state index contributed by atoms with van der Waals surface area (Å²) in [7, 11) is 0. The lowest BCUT2D eigenvalue weighted by Gasteiger charge is -1.70. The Bertz CT molecular complexity index is 114. The van der Waals surface area contributed by atoms with Gasteiger partial charge < -0.3 is 10.7 Å². The molecule has 0 bridgehead atoms. The number of hydrogen-bond donors (Lipinski definition) is 2. The number of anilines is 1. The van der Waals surface area contributed by atoms with Crippen molar-refractivity contribution in [2.24, 2.45) is 0 Å². The summed E-state index contributed by atoms with van der Waals surface area (Å²) in [6, 6.07) is 0. The fraction of sp³-hybridized carbons (Fsp3) is 0. The second kappa shape index (κ2) is 2.28. The summed E-state index contributed by atoms with van der Waals surface area (Å²) in [6.07, 6.45) is 3.28. The van der Waals surface area contributed by atoms with Crippen molar-refractivity contribution in [2.45, 2.75) is 0 Å². The molecule has 1 rings (SSSR count). The van der Waals surface area contributed by atoms with Crippen LogP contribution in [-0.2, 0) is 0 Å². The second-order valence-corrected chi connectivity index (χ2v) is 0.974. The van der Waals surface area contributed by atoms with Gasteiger partial charge in [-0.05, 0) is 0 Å². The minimum absolute atomic E-state index is 0. The Balaban J connectivity index is 0.000000360. The van der Waals surface area contributed by atoms with E-state index in [2.05, 4.69) is 9.97 Å². The van der Waals surface area contributed by atoms with E-state index in [0.29, 0.717) is 5.95 Å². The molecule has 0 aromatic carbocycles. The lowest BCUT2D eigenvalue weighted by molar-refractivity contribution is 1.33. The number of imidazole rings is 1. The number of hydrogen-bond acceptors (Lipinski definition) is 2. The van der Waals surface area contributed by atoms with Gasteiger partial charge in [0.1, 0.15) is 0 Å². The van der Waals surface area contributed by atoms with Gasteiger partial charge in [-0.2, -0.15) is 0 Å². The van der Waals surface area contributed by atoms with E-state index in [1.54, 1.807) is 12.4 Å². The molecule has 1 heterocycles. The van der Waals surface area contributed by atoms with Gasteiger partial charge in [0.15, 0.2) is 5.95 Å². The van der Waals surface area contributed by atoms with Crippen molar-refractivity contribution in [1.29, 1.82) is 0 Å². The first-order chi connectivity index (χ1) is 2.89. The van der Waals surface area contributed by atoms with E-state index in [1.807, 2.05) is 0 Å². The Hall–Kier alpha value is -0.925. The summed E-state index contributed by atoms with van der Waals surface area (Å²) in [6.45, 7) is 0. The number of nitrogens with one attached hydrogen (secondary N) is 1. The van der Waals surface area contributed by atoms with E-state index in [-0.39, 0.29) is 8.41 Å². The van der Waals surface area contributed by atoms with Gasteiger partial charge in [-0.3, -0.25) is 0 Å². The minimum Gasteiger partial charge on any atom is -0.369 e. The molecule has 0 amide bonds. The maximum Gasteiger partial charge on any atom is 0.197 e. The zero-order valence-electron chi connectivity index (χ0n) is 3.76. The van der Waals surface area contributed by atoms with Crippen molar-refractivity contribution in [1.82, 2.24) is 9.97 Å². The molecule has 0 fully saturated rings. The summed E-state index contributed by atoms with van der Waals surface area (Å²) in [5.74, 6) is 0.468. The summed E-state index contributed by atoms with van der Waals surface area (Å²) in [5.41, 5.74) is 5.11. The third kappa shape index (κ3) is 1.30. The van der Waals surface area contributed by atoms with Crippen LogP contribution in [0.1, 0.15) is 0 Å². The molecule has 0 aliphatic rings. The highest BCUT2D eigenvalue weighted by Gasteiger charge is 1.74. The zero-order valence-corrected chi connectivity index (χ0v) is 3.76. The molecular formula is C3H5BN3. The van der Waals surface area contributed by atoms with Crippen molar-refractivity contribution in [3.63, 3.8) is 0 Å². The number of aromatic amines is 1. The van der Waals surface area contributed by atoms with Crippen LogP contribution >= 0.6 is 0 Å². The third-order valence-corrected chi connectivity index (χ3v) is 0.519. The summed E-state index contributed by atoms with van der Waals surface area (Å²) < 4.78 is 0. The van der Waals surface area contributed by atoms with E-state index in [4.69, 9.17) is 5.73 Å². The van der Waals surface area contributed by atoms with Crippen LogP contribution in [0.3, 0.4) is 0 Å². The highest BCUT2D eigenvalue weighted by atomic mass is 15.0. The SMILES string of the molecule is Nc1ncc[nH]1.[B]. The van der Waals surface area contributed by atoms with Crippen LogP contribution in [0.15, 0.2) is 12.4 Å². The molecule has 3 nitrogen and oxygen atoms in total. The maximum atomic E-state index is 5.11. The van der Waals surface area contributed by atoms with Gasteiger partial charge in [0, 0.05) is 20.8 Å². The normalized spacial score (nSPS) is 7.43. The number of nitrogen functional groups attached to an aromatic ring is 1. The van der Waals surface area contributed by atoms with E-state index < -0.39 is 0 Å². The second-order valence-electron chi connectivity index (χ2n) is 0.974. The van der Waals surface area contributed by atoms with Gasteiger partial charge >= 0.3 is 0 Å². The van der Waals surface area contributed by atoms with Crippen LogP contribution in [0.5, 0.6) is 0 Å². The molecule has 0 aliphatic carbocycles. The van der Waals surface area contributed by atoms with Crippen molar-refractivity contribution in [3.05, 3.63) is 12.4 Å². The lowest BCUT2D eigenvalue weighted by atomic mass is 10.8. The summed E-state index contributed by atoms with van der Waals surface area (Å²) in [4.78, 5) is 6.31. The Morgan fingerprint density at radius 2 is 2.43 bits per heavy atom. The molecule has 0 spiro atoms. The summed E-state index contributed by atoms with van der Waals surface area (Å²) >= 11 is 0. The fourth-order valence-electron chi connectivity index (χ4n) is 0.277. The van der Waals surface area contributed by atoms with Crippen LogP contribution in [0.2, 0.25) is 0 Å². The van der Waals surface area contributed by atoms with Crippen molar-refractivity contribution >= 4 is 14.4 Å². The maximum absolute atomic E-state index is 5.11. The van der Waals surface area contributed by atoms with Gasteiger partial charge in [0.2, 0.25) is 0 Å². The van der Waals surface area contributed by atoms with Crippen LogP contribution in [0, 0.1) is 0 Å². The first-order valence-electron chi connectivity index (χ1n) is 1.64. The zero-order chi connectivity index (χ0) is 4.41. The van der Waals surface area contributed by atoms with Crippen LogP contribution < -0.4 is 5.73 Å². The number of nitrogens with zero attached hydrogens (tertiary/aromatic N) is 1. The molecular weight excluding hydrogens is 88.9 g/mol. The highest BCUT2D eigenvalue weighted by molar-refractivity contribution is 5.75. The van der Waals surface area contributed by atoms with E-state index >= 15 is 0 Å². The molecule has 0 saturated carbocycles. The number of aromatic nitrogens is 2. The van der Waals surface area contributed by atoms with E-state index in [0.717, 1.165) is 0 Å². The first-order valence-corrected chi connectivity index (χ1v) is 1.64. The number of nitrogens with two attached hydrogens (primary N) is 1. The molecule has 35 valence electrons. The Kier molecular flexibility index (Phi) is 1.98. The standard InChI is InChI=1S/C3H5N3.B/c4-3-5-1-2-6-3;/h1-2H,(H3,4,5,6);. The molecule has 0 saturated heterocycles.